The summed E-state index contributed by atoms with van der Waals surface area (Å²) in [4.78, 5) is 0. The zero-order chi connectivity index (χ0) is 37.6. The Balaban J connectivity index is 1.64. The molecule has 1 heterocycles. The van der Waals surface area contributed by atoms with Crippen LogP contribution in [0.4, 0.5) is 0 Å². The molecule has 2 aliphatic carbocycles. The maximum absolute atomic E-state index is 7.10. The standard InChI is InChI=1S/C47H76O2P2/c1-43(2,3)33-25-34(44(4,5)6)28-39(27-33)51(40-29-35(45(7,8)9)26-36(30-40)46(10,11)12)32-42-41(48-47(13,14)49-42)31-50(37-21-17-15-18-22-37)38-23-19-16-20-24-38/h25-30,37-38,41-42H,15-24,31-32H2,1-14H3/t41-,42-/m0/s1. The molecule has 2 saturated carbocycles. The first-order valence-electron chi connectivity index (χ1n) is 20.7. The summed E-state index contributed by atoms with van der Waals surface area (Å²) in [5.41, 5.74) is 7.87. The van der Waals surface area contributed by atoms with Gasteiger partial charge in [-0.1, -0.05) is 166 Å². The van der Waals surface area contributed by atoms with Crippen LogP contribution in [-0.2, 0) is 31.1 Å². The van der Waals surface area contributed by atoms with Gasteiger partial charge in [-0.15, -0.1) is 0 Å². The predicted molar refractivity (Wildman–Crippen MR) is 228 cm³/mol. The fourth-order valence-corrected chi connectivity index (χ4v) is 15.2. The summed E-state index contributed by atoms with van der Waals surface area (Å²) in [5, 5.41) is 3.00. The zero-order valence-corrected chi connectivity index (χ0v) is 37.3. The van der Waals surface area contributed by atoms with Gasteiger partial charge in [0.25, 0.3) is 0 Å². The molecule has 1 aliphatic heterocycles. The van der Waals surface area contributed by atoms with Crippen LogP contribution >= 0.6 is 15.8 Å². The van der Waals surface area contributed by atoms with E-state index in [0.717, 1.165) is 17.5 Å². The number of hydrogen-bond acceptors (Lipinski definition) is 2. The highest BCUT2D eigenvalue weighted by molar-refractivity contribution is 7.73. The van der Waals surface area contributed by atoms with Crippen LogP contribution in [0.3, 0.4) is 0 Å². The Morgan fingerprint density at radius 3 is 1.12 bits per heavy atom. The first-order chi connectivity index (χ1) is 23.5. The van der Waals surface area contributed by atoms with E-state index in [2.05, 4.69) is 133 Å². The maximum atomic E-state index is 7.10. The highest BCUT2D eigenvalue weighted by atomic mass is 31.1. The summed E-state index contributed by atoms with van der Waals surface area (Å²) in [6, 6.07) is 15.3. The summed E-state index contributed by atoms with van der Waals surface area (Å²) < 4.78 is 14.2. The molecule has 0 spiro atoms. The lowest BCUT2D eigenvalue weighted by atomic mass is 9.81. The number of hydrogen-bond donors (Lipinski definition) is 0. The van der Waals surface area contributed by atoms with Gasteiger partial charge < -0.3 is 9.47 Å². The smallest absolute Gasteiger partial charge is 0.163 e. The van der Waals surface area contributed by atoms with Gasteiger partial charge in [0.1, 0.15) is 0 Å². The average molecular weight is 735 g/mol. The van der Waals surface area contributed by atoms with E-state index in [0.29, 0.717) is 0 Å². The van der Waals surface area contributed by atoms with Crippen LogP contribution in [0.15, 0.2) is 36.4 Å². The Bertz CT molecular complexity index is 1290. The van der Waals surface area contributed by atoms with Crippen LogP contribution in [-0.4, -0.2) is 41.6 Å². The van der Waals surface area contributed by atoms with Crippen LogP contribution in [0.2, 0.25) is 0 Å². The molecule has 51 heavy (non-hydrogen) atoms. The molecular formula is C47H76O2P2. The molecule has 0 unspecified atom stereocenters. The van der Waals surface area contributed by atoms with Crippen molar-refractivity contribution >= 4 is 26.5 Å². The quantitative estimate of drug-likeness (QED) is 0.251. The van der Waals surface area contributed by atoms with Gasteiger partial charge in [0.05, 0.1) is 12.2 Å². The molecule has 2 nitrogen and oxygen atoms in total. The highest BCUT2D eigenvalue weighted by Crippen LogP contribution is 2.58. The van der Waals surface area contributed by atoms with Crippen LogP contribution in [0.25, 0.3) is 0 Å². The second-order valence-electron chi connectivity index (χ2n) is 21.1. The predicted octanol–water partition coefficient (Wildman–Crippen LogP) is 13.0. The van der Waals surface area contributed by atoms with Gasteiger partial charge in [-0.3, -0.25) is 0 Å². The van der Waals surface area contributed by atoms with Gasteiger partial charge in [-0.05, 0) is 119 Å². The van der Waals surface area contributed by atoms with Crippen molar-refractivity contribution in [2.24, 2.45) is 0 Å². The minimum absolute atomic E-state index is 0.0637. The highest BCUT2D eigenvalue weighted by Gasteiger charge is 2.45. The van der Waals surface area contributed by atoms with E-state index >= 15 is 0 Å². The minimum Gasteiger partial charge on any atom is -0.344 e. The second kappa shape index (κ2) is 15.8. The minimum atomic E-state index is -0.735. The molecule has 286 valence electrons. The lowest BCUT2D eigenvalue weighted by Gasteiger charge is -2.40. The molecule has 0 N–H and O–H groups in total. The Labute approximate surface area is 317 Å². The van der Waals surface area contributed by atoms with E-state index in [4.69, 9.17) is 9.47 Å². The van der Waals surface area contributed by atoms with Crippen molar-refractivity contribution in [3.8, 4) is 0 Å². The van der Waals surface area contributed by atoms with Gasteiger partial charge >= 0.3 is 0 Å². The molecule has 5 rings (SSSR count). The molecular weight excluding hydrogens is 658 g/mol. The van der Waals surface area contributed by atoms with Crippen LogP contribution in [0.5, 0.6) is 0 Å². The first-order valence-corrected chi connectivity index (χ1v) is 23.9. The van der Waals surface area contributed by atoms with E-state index in [9.17, 15) is 0 Å². The van der Waals surface area contributed by atoms with Gasteiger partial charge in [0.15, 0.2) is 5.79 Å². The Morgan fingerprint density at radius 2 is 0.804 bits per heavy atom. The summed E-state index contributed by atoms with van der Waals surface area (Å²) in [7, 11) is -0.825. The molecule has 3 fully saturated rings. The molecule has 1 saturated heterocycles. The van der Waals surface area contributed by atoms with E-state index in [1.165, 1.54) is 103 Å². The topological polar surface area (TPSA) is 18.5 Å². The van der Waals surface area contributed by atoms with Gasteiger partial charge in [-0.2, -0.15) is 0 Å². The fourth-order valence-electron chi connectivity index (χ4n) is 8.65. The Morgan fingerprint density at radius 1 is 0.490 bits per heavy atom. The molecule has 0 bridgehead atoms. The van der Waals surface area contributed by atoms with Crippen molar-refractivity contribution in [1.29, 1.82) is 0 Å². The van der Waals surface area contributed by atoms with Crippen LogP contribution in [0.1, 0.15) is 183 Å². The first kappa shape index (κ1) is 41.4. The monoisotopic (exact) mass is 735 g/mol. The molecule has 2 aromatic carbocycles. The lowest BCUT2D eigenvalue weighted by Crippen LogP contribution is -2.35. The molecule has 0 amide bonds. The van der Waals surface area contributed by atoms with Crippen LogP contribution in [0, 0.1) is 0 Å². The van der Waals surface area contributed by atoms with E-state index in [1.54, 1.807) is 0 Å². The van der Waals surface area contributed by atoms with Gasteiger partial charge in [-0.25, -0.2) is 0 Å². The Hall–Kier alpha value is -0.780. The third-order valence-electron chi connectivity index (χ3n) is 12.0. The largest absolute Gasteiger partial charge is 0.344 e. The lowest BCUT2D eigenvalue weighted by molar-refractivity contribution is -0.142. The van der Waals surface area contributed by atoms with Crippen molar-refractivity contribution in [2.45, 2.75) is 212 Å². The van der Waals surface area contributed by atoms with Crippen LogP contribution < -0.4 is 10.6 Å². The number of benzene rings is 2. The van der Waals surface area contributed by atoms with E-state index < -0.39 is 13.7 Å². The van der Waals surface area contributed by atoms with Crippen molar-refractivity contribution in [1.82, 2.24) is 0 Å². The molecule has 4 heteroatoms. The molecule has 3 aliphatic rings. The fraction of sp³-hybridized carbons (Fsp3) is 0.745. The number of ether oxygens (including phenoxy) is 2. The summed E-state index contributed by atoms with van der Waals surface area (Å²) in [6.45, 7) is 32.9. The third kappa shape index (κ3) is 10.7. The molecule has 0 radical (unpaired) electrons. The molecule has 0 aromatic heterocycles. The van der Waals surface area contributed by atoms with E-state index in [1.807, 2.05) is 0 Å². The molecule has 2 atom stereocenters. The van der Waals surface area contributed by atoms with Gasteiger partial charge in [0.2, 0.25) is 0 Å². The normalized spacial score (nSPS) is 23.1. The van der Waals surface area contributed by atoms with Gasteiger partial charge in [0, 0.05) is 6.16 Å². The zero-order valence-electron chi connectivity index (χ0n) is 35.5. The third-order valence-corrected chi connectivity index (χ3v) is 18.2. The summed E-state index contributed by atoms with van der Waals surface area (Å²) in [5.74, 6) is -0.551. The van der Waals surface area contributed by atoms with Crippen molar-refractivity contribution in [3.05, 3.63) is 58.7 Å². The number of rotatable bonds is 8. The SMILES string of the molecule is CC1(C)O[C@@H](CP(c2cc(C(C)(C)C)cc(C(C)(C)C)c2)c2cc(C(C)(C)C)cc(C(C)(C)C)c2)[C@H](CP(C2CCCCC2)C2CCCCC2)O1. The van der Waals surface area contributed by atoms with Crippen molar-refractivity contribution in [2.75, 3.05) is 12.3 Å². The maximum Gasteiger partial charge on any atom is 0.163 e. The Kier molecular flexibility index (Phi) is 12.8. The molecule has 2 aromatic rings. The summed E-state index contributed by atoms with van der Waals surface area (Å²) >= 11 is 0. The van der Waals surface area contributed by atoms with Crippen molar-refractivity contribution in [3.63, 3.8) is 0 Å². The second-order valence-corrected chi connectivity index (χ2v) is 26.2. The van der Waals surface area contributed by atoms with E-state index in [-0.39, 0.29) is 41.8 Å². The van der Waals surface area contributed by atoms with Crippen molar-refractivity contribution < 1.29 is 9.47 Å². The summed E-state index contributed by atoms with van der Waals surface area (Å²) in [6.07, 6.45) is 16.9. The average Bonchev–Trinajstić information content (AvgIpc) is 3.33.